The van der Waals surface area contributed by atoms with E-state index in [1.54, 1.807) is 18.3 Å². The summed E-state index contributed by atoms with van der Waals surface area (Å²) in [5.41, 5.74) is 3.01. The molecule has 0 radical (unpaired) electrons. The standard InChI is InChI=1S/C14H15FN2O/c1-10-5-11(8-16-7-10)9-17-12-3-4-13(15)14(6-12)18-2/h3-8,17H,9H2,1-2H3. The second-order valence-electron chi connectivity index (χ2n) is 4.07. The van der Waals surface area contributed by atoms with Gasteiger partial charge in [0.2, 0.25) is 0 Å². The van der Waals surface area contributed by atoms with Gasteiger partial charge in [-0.15, -0.1) is 0 Å². The number of nitrogens with zero attached hydrogens (tertiary/aromatic N) is 1. The number of ether oxygens (including phenoxy) is 1. The third kappa shape index (κ3) is 2.97. The van der Waals surface area contributed by atoms with Gasteiger partial charge in [0.05, 0.1) is 7.11 Å². The molecule has 0 bridgehead atoms. The number of aryl methyl sites for hydroxylation is 1. The normalized spacial score (nSPS) is 10.2. The predicted molar refractivity (Wildman–Crippen MR) is 69.3 cm³/mol. The molecule has 0 unspecified atom stereocenters. The lowest BCUT2D eigenvalue weighted by molar-refractivity contribution is 0.387. The van der Waals surface area contributed by atoms with E-state index in [0.717, 1.165) is 16.8 Å². The van der Waals surface area contributed by atoms with Crippen molar-refractivity contribution in [3.63, 3.8) is 0 Å². The van der Waals surface area contributed by atoms with Gasteiger partial charge in [-0.25, -0.2) is 4.39 Å². The molecule has 4 heteroatoms. The SMILES string of the molecule is COc1cc(NCc2cncc(C)c2)ccc1F. The minimum atomic E-state index is -0.361. The second kappa shape index (κ2) is 5.49. The van der Waals surface area contributed by atoms with E-state index < -0.39 is 0 Å². The Morgan fingerprint density at radius 2 is 2.11 bits per heavy atom. The van der Waals surface area contributed by atoms with Crippen molar-refractivity contribution in [3.8, 4) is 5.75 Å². The highest BCUT2D eigenvalue weighted by molar-refractivity contribution is 5.49. The number of anilines is 1. The molecule has 94 valence electrons. The Hall–Kier alpha value is -2.10. The quantitative estimate of drug-likeness (QED) is 0.899. The molecule has 18 heavy (non-hydrogen) atoms. The number of aromatic nitrogens is 1. The van der Waals surface area contributed by atoms with Crippen molar-refractivity contribution >= 4 is 5.69 Å². The predicted octanol–water partition coefficient (Wildman–Crippen LogP) is 3.15. The van der Waals surface area contributed by atoms with Crippen molar-refractivity contribution in [1.82, 2.24) is 4.98 Å². The van der Waals surface area contributed by atoms with Crippen LogP contribution < -0.4 is 10.1 Å². The zero-order valence-corrected chi connectivity index (χ0v) is 10.4. The summed E-state index contributed by atoms with van der Waals surface area (Å²) in [5, 5.41) is 3.20. The van der Waals surface area contributed by atoms with Gasteiger partial charge in [0.1, 0.15) is 0 Å². The molecule has 2 aromatic rings. The number of halogens is 1. The van der Waals surface area contributed by atoms with Crippen LogP contribution in [0.5, 0.6) is 5.75 Å². The number of methoxy groups -OCH3 is 1. The fraction of sp³-hybridized carbons (Fsp3) is 0.214. The summed E-state index contributed by atoms with van der Waals surface area (Å²) in [6, 6.07) is 6.76. The number of pyridine rings is 1. The van der Waals surface area contributed by atoms with Crippen LogP contribution >= 0.6 is 0 Å². The maximum absolute atomic E-state index is 13.2. The van der Waals surface area contributed by atoms with E-state index in [9.17, 15) is 4.39 Å². The van der Waals surface area contributed by atoms with E-state index in [0.29, 0.717) is 6.54 Å². The summed E-state index contributed by atoms with van der Waals surface area (Å²) in [4.78, 5) is 4.12. The van der Waals surface area contributed by atoms with E-state index in [-0.39, 0.29) is 11.6 Å². The average Bonchev–Trinajstić information content (AvgIpc) is 2.38. The molecule has 3 nitrogen and oxygen atoms in total. The summed E-state index contributed by atoms with van der Waals surface area (Å²) in [5.74, 6) is -0.123. The van der Waals surface area contributed by atoms with Crippen LogP contribution in [0.1, 0.15) is 11.1 Å². The van der Waals surface area contributed by atoms with Crippen LogP contribution in [0.15, 0.2) is 36.7 Å². The van der Waals surface area contributed by atoms with Crippen LogP contribution in [0.4, 0.5) is 10.1 Å². The van der Waals surface area contributed by atoms with Crippen molar-refractivity contribution in [3.05, 3.63) is 53.6 Å². The van der Waals surface area contributed by atoms with Crippen molar-refractivity contribution in [2.75, 3.05) is 12.4 Å². The molecule has 0 saturated carbocycles. The van der Waals surface area contributed by atoms with Crippen LogP contribution in [-0.2, 0) is 6.54 Å². The monoisotopic (exact) mass is 246 g/mol. The number of benzene rings is 1. The van der Waals surface area contributed by atoms with Crippen LogP contribution in [0, 0.1) is 12.7 Å². The Morgan fingerprint density at radius 3 is 2.83 bits per heavy atom. The summed E-state index contributed by atoms with van der Waals surface area (Å²) in [6.45, 7) is 2.64. The first kappa shape index (κ1) is 12.4. The molecule has 0 amide bonds. The molecule has 1 aromatic carbocycles. The molecule has 0 spiro atoms. The van der Waals surface area contributed by atoms with Crippen LogP contribution in [-0.4, -0.2) is 12.1 Å². The van der Waals surface area contributed by atoms with Gasteiger partial charge >= 0.3 is 0 Å². The smallest absolute Gasteiger partial charge is 0.165 e. The van der Waals surface area contributed by atoms with Gasteiger partial charge in [0.15, 0.2) is 11.6 Å². The minimum absolute atomic E-state index is 0.238. The van der Waals surface area contributed by atoms with E-state index in [1.807, 2.05) is 13.1 Å². The average molecular weight is 246 g/mol. The van der Waals surface area contributed by atoms with Crippen molar-refractivity contribution < 1.29 is 9.13 Å². The second-order valence-corrected chi connectivity index (χ2v) is 4.07. The lowest BCUT2D eigenvalue weighted by Crippen LogP contribution is -2.01. The summed E-state index contributed by atoms with van der Waals surface area (Å²) >= 11 is 0. The molecule has 0 aliphatic heterocycles. The van der Waals surface area contributed by atoms with Gasteiger partial charge in [-0.1, -0.05) is 6.07 Å². The number of nitrogens with one attached hydrogen (secondary N) is 1. The third-order valence-corrected chi connectivity index (χ3v) is 2.58. The molecule has 0 aliphatic carbocycles. The molecular weight excluding hydrogens is 231 g/mol. The summed E-state index contributed by atoms with van der Waals surface area (Å²) < 4.78 is 18.2. The molecule has 1 aromatic heterocycles. The molecule has 2 rings (SSSR count). The molecule has 0 fully saturated rings. The third-order valence-electron chi connectivity index (χ3n) is 2.58. The Bertz CT molecular complexity index is 543. The number of rotatable bonds is 4. The van der Waals surface area contributed by atoms with E-state index in [1.165, 1.54) is 13.2 Å². The fourth-order valence-corrected chi connectivity index (χ4v) is 1.69. The molecule has 1 heterocycles. The highest BCUT2D eigenvalue weighted by Gasteiger charge is 2.03. The Morgan fingerprint density at radius 1 is 1.28 bits per heavy atom. The van der Waals surface area contributed by atoms with Crippen LogP contribution in [0.2, 0.25) is 0 Å². The topological polar surface area (TPSA) is 34.1 Å². The highest BCUT2D eigenvalue weighted by Crippen LogP contribution is 2.21. The first-order valence-electron chi connectivity index (χ1n) is 5.67. The lowest BCUT2D eigenvalue weighted by atomic mass is 10.2. The Labute approximate surface area is 106 Å². The lowest BCUT2D eigenvalue weighted by Gasteiger charge is -2.09. The number of hydrogen-bond donors (Lipinski definition) is 1. The fourth-order valence-electron chi connectivity index (χ4n) is 1.69. The largest absolute Gasteiger partial charge is 0.494 e. The van der Waals surface area contributed by atoms with Gasteiger partial charge in [-0.2, -0.15) is 0 Å². The van der Waals surface area contributed by atoms with Crippen LogP contribution in [0.25, 0.3) is 0 Å². The summed E-state index contributed by atoms with van der Waals surface area (Å²) in [7, 11) is 1.45. The van der Waals surface area contributed by atoms with Gasteiger partial charge in [0.25, 0.3) is 0 Å². The van der Waals surface area contributed by atoms with E-state index in [4.69, 9.17) is 4.74 Å². The van der Waals surface area contributed by atoms with Gasteiger partial charge in [-0.3, -0.25) is 4.98 Å². The highest BCUT2D eigenvalue weighted by atomic mass is 19.1. The van der Waals surface area contributed by atoms with Crippen molar-refractivity contribution in [2.24, 2.45) is 0 Å². The first-order valence-corrected chi connectivity index (χ1v) is 5.67. The van der Waals surface area contributed by atoms with E-state index >= 15 is 0 Å². The van der Waals surface area contributed by atoms with Crippen LogP contribution in [0.3, 0.4) is 0 Å². The zero-order valence-electron chi connectivity index (χ0n) is 10.4. The number of hydrogen-bond acceptors (Lipinski definition) is 3. The molecule has 1 N–H and O–H groups in total. The maximum Gasteiger partial charge on any atom is 0.165 e. The summed E-state index contributed by atoms with van der Waals surface area (Å²) in [6.07, 6.45) is 3.62. The molecular formula is C14H15FN2O. The zero-order chi connectivity index (χ0) is 13.0. The van der Waals surface area contributed by atoms with Gasteiger partial charge in [-0.05, 0) is 30.2 Å². The van der Waals surface area contributed by atoms with Gasteiger partial charge < -0.3 is 10.1 Å². The van der Waals surface area contributed by atoms with Crippen molar-refractivity contribution in [1.29, 1.82) is 0 Å². The first-order chi connectivity index (χ1) is 8.69. The van der Waals surface area contributed by atoms with Crippen molar-refractivity contribution in [2.45, 2.75) is 13.5 Å². The molecule has 0 saturated heterocycles. The minimum Gasteiger partial charge on any atom is -0.494 e. The Kier molecular flexibility index (Phi) is 3.77. The molecule has 0 aliphatic rings. The van der Waals surface area contributed by atoms with Gasteiger partial charge in [0, 0.05) is 30.7 Å². The Balaban J connectivity index is 2.06. The van der Waals surface area contributed by atoms with E-state index in [2.05, 4.69) is 16.4 Å². The molecule has 0 atom stereocenters. The maximum atomic E-state index is 13.2.